The van der Waals surface area contributed by atoms with Gasteiger partial charge in [0.05, 0.1) is 0 Å². The Bertz CT molecular complexity index is 400. The Kier molecular flexibility index (Phi) is 3.14. The number of carbonyl (C=O) groups is 1. The third kappa shape index (κ3) is 2.55. The van der Waals surface area contributed by atoms with Gasteiger partial charge in [0, 0.05) is 25.3 Å². The van der Waals surface area contributed by atoms with Crippen molar-refractivity contribution in [3.05, 3.63) is 23.3 Å². The van der Waals surface area contributed by atoms with Crippen LogP contribution in [-0.2, 0) is 11.2 Å². The normalized spacial score (nSPS) is 19.9. The van der Waals surface area contributed by atoms with Crippen LogP contribution in [0.25, 0.3) is 0 Å². The van der Waals surface area contributed by atoms with E-state index >= 15 is 0 Å². The number of aromatic carboxylic acids is 1. The van der Waals surface area contributed by atoms with Gasteiger partial charge in [-0.1, -0.05) is 0 Å². The molecule has 1 atom stereocenters. The summed E-state index contributed by atoms with van der Waals surface area (Å²) in [7, 11) is 0. The first-order valence-corrected chi connectivity index (χ1v) is 5.31. The predicted octanol–water partition coefficient (Wildman–Crippen LogP) is 1.06. The van der Waals surface area contributed by atoms with Crippen molar-refractivity contribution >= 4 is 5.97 Å². The summed E-state index contributed by atoms with van der Waals surface area (Å²) in [5.41, 5.74) is 0.766. The van der Waals surface area contributed by atoms with Crippen LogP contribution in [0.15, 0.2) is 6.07 Å². The van der Waals surface area contributed by atoms with Gasteiger partial charge >= 0.3 is 5.97 Å². The summed E-state index contributed by atoms with van der Waals surface area (Å²) in [4.78, 5) is 19.1. The number of carboxylic acid groups (broad SMARTS) is 1. The molecular formula is C11H14N2O3. The SMILES string of the molecule is Cc1cc(C(=O)O)nc(CC2CCOC2)n1. The Balaban J connectivity index is 2.16. The van der Waals surface area contributed by atoms with Crippen molar-refractivity contribution in [1.82, 2.24) is 9.97 Å². The lowest BCUT2D eigenvalue weighted by atomic mass is 10.0. The second-order valence-corrected chi connectivity index (χ2v) is 4.05. The van der Waals surface area contributed by atoms with E-state index in [9.17, 15) is 4.79 Å². The van der Waals surface area contributed by atoms with Crippen LogP contribution in [0.3, 0.4) is 0 Å². The van der Waals surface area contributed by atoms with Gasteiger partial charge in [0.15, 0.2) is 5.69 Å². The number of carboxylic acids is 1. The predicted molar refractivity (Wildman–Crippen MR) is 56.4 cm³/mol. The van der Waals surface area contributed by atoms with E-state index in [1.807, 2.05) is 0 Å². The van der Waals surface area contributed by atoms with Gasteiger partial charge in [-0.05, 0) is 25.3 Å². The highest BCUT2D eigenvalue weighted by Crippen LogP contribution is 2.16. The molecule has 1 aliphatic rings. The maximum Gasteiger partial charge on any atom is 0.354 e. The Morgan fingerprint density at radius 3 is 3.06 bits per heavy atom. The number of nitrogens with zero attached hydrogens (tertiary/aromatic N) is 2. The van der Waals surface area contributed by atoms with E-state index in [1.165, 1.54) is 6.07 Å². The Labute approximate surface area is 93.5 Å². The van der Waals surface area contributed by atoms with Crippen LogP contribution in [0.5, 0.6) is 0 Å². The summed E-state index contributed by atoms with van der Waals surface area (Å²) < 4.78 is 5.27. The fourth-order valence-electron chi connectivity index (χ4n) is 1.83. The summed E-state index contributed by atoms with van der Waals surface area (Å²) in [6.45, 7) is 3.28. The van der Waals surface area contributed by atoms with Gasteiger partial charge in [0.25, 0.3) is 0 Å². The van der Waals surface area contributed by atoms with Crippen LogP contribution in [0.2, 0.25) is 0 Å². The number of hydrogen-bond donors (Lipinski definition) is 1. The average Bonchev–Trinajstić information content (AvgIpc) is 2.69. The molecule has 1 fully saturated rings. The Hall–Kier alpha value is -1.49. The van der Waals surface area contributed by atoms with Crippen LogP contribution in [0.1, 0.15) is 28.4 Å². The first-order valence-electron chi connectivity index (χ1n) is 5.31. The van der Waals surface area contributed by atoms with E-state index in [2.05, 4.69) is 9.97 Å². The van der Waals surface area contributed by atoms with E-state index < -0.39 is 5.97 Å². The quantitative estimate of drug-likeness (QED) is 0.827. The highest BCUT2D eigenvalue weighted by molar-refractivity contribution is 5.85. The van der Waals surface area contributed by atoms with Crippen molar-refractivity contribution in [3.8, 4) is 0 Å². The second kappa shape index (κ2) is 4.57. The smallest absolute Gasteiger partial charge is 0.354 e. The van der Waals surface area contributed by atoms with E-state index in [1.54, 1.807) is 6.92 Å². The molecule has 1 aliphatic heterocycles. The molecule has 0 radical (unpaired) electrons. The van der Waals surface area contributed by atoms with E-state index in [4.69, 9.17) is 9.84 Å². The molecule has 1 aromatic rings. The van der Waals surface area contributed by atoms with Gasteiger partial charge in [0.2, 0.25) is 0 Å². The number of aryl methyl sites for hydroxylation is 1. The molecule has 5 heteroatoms. The highest BCUT2D eigenvalue weighted by Gasteiger charge is 2.18. The van der Waals surface area contributed by atoms with Crippen molar-refractivity contribution in [2.24, 2.45) is 5.92 Å². The van der Waals surface area contributed by atoms with E-state index in [0.717, 1.165) is 19.6 Å². The van der Waals surface area contributed by atoms with Crippen LogP contribution >= 0.6 is 0 Å². The summed E-state index contributed by atoms with van der Waals surface area (Å²) in [5.74, 6) is 0.0192. The third-order valence-corrected chi connectivity index (χ3v) is 2.61. The van der Waals surface area contributed by atoms with Crippen LogP contribution in [0.4, 0.5) is 0 Å². The molecule has 1 aromatic heterocycles. The second-order valence-electron chi connectivity index (χ2n) is 4.05. The lowest BCUT2D eigenvalue weighted by Crippen LogP contribution is -2.11. The monoisotopic (exact) mass is 222 g/mol. The first kappa shape index (κ1) is 11.0. The van der Waals surface area contributed by atoms with Crippen LogP contribution < -0.4 is 0 Å². The number of hydrogen-bond acceptors (Lipinski definition) is 4. The number of rotatable bonds is 3. The zero-order chi connectivity index (χ0) is 11.5. The van der Waals surface area contributed by atoms with Crippen molar-refractivity contribution < 1.29 is 14.6 Å². The van der Waals surface area contributed by atoms with Crippen LogP contribution in [0, 0.1) is 12.8 Å². The number of ether oxygens (including phenoxy) is 1. The van der Waals surface area contributed by atoms with Crippen LogP contribution in [-0.4, -0.2) is 34.3 Å². The Morgan fingerprint density at radius 1 is 1.62 bits per heavy atom. The molecule has 2 rings (SSSR count). The molecule has 0 amide bonds. The van der Waals surface area contributed by atoms with E-state index in [-0.39, 0.29) is 5.69 Å². The molecular weight excluding hydrogens is 208 g/mol. The minimum absolute atomic E-state index is 0.0708. The van der Waals surface area contributed by atoms with Crippen molar-refractivity contribution in [3.63, 3.8) is 0 Å². The topological polar surface area (TPSA) is 72.3 Å². The molecule has 16 heavy (non-hydrogen) atoms. The standard InChI is InChI=1S/C11H14N2O3/c1-7-4-9(11(14)15)13-10(12-7)5-8-2-3-16-6-8/h4,8H,2-3,5-6H2,1H3,(H,14,15). The fraction of sp³-hybridized carbons (Fsp3) is 0.545. The molecule has 0 saturated carbocycles. The molecule has 0 aliphatic carbocycles. The molecule has 86 valence electrons. The average molecular weight is 222 g/mol. The van der Waals surface area contributed by atoms with E-state index in [0.29, 0.717) is 23.9 Å². The Morgan fingerprint density at radius 2 is 2.44 bits per heavy atom. The molecule has 0 bridgehead atoms. The molecule has 0 spiro atoms. The van der Waals surface area contributed by atoms with Crippen molar-refractivity contribution in [2.45, 2.75) is 19.8 Å². The minimum Gasteiger partial charge on any atom is -0.477 e. The summed E-state index contributed by atoms with van der Waals surface area (Å²) in [5, 5.41) is 8.88. The summed E-state index contributed by atoms with van der Waals surface area (Å²) in [6.07, 6.45) is 1.70. The molecule has 5 nitrogen and oxygen atoms in total. The highest BCUT2D eigenvalue weighted by atomic mass is 16.5. The molecule has 1 N–H and O–H groups in total. The van der Waals surface area contributed by atoms with Crippen molar-refractivity contribution in [2.75, 3.05) is 13.2 Å². The minimum atomic E-state index is -1.01. The zero-order valence-electron chi connectivity index (χ0n) is 9.14. The van der Waals surface area contributed by atoms with Gasteiger partial charge in [-0.25, -0.2) is 14.8 Å². The molecule has 1 unspecified atom stereocenters. The third-order valence-electron chi connectivity index (χ3n) is 2.61. The lowest BCUT2D eigenvalue weighted by Gasteiger charge is -2.07. The molecule has 2 heterocycles. The fourth-order valence-corrected chi connectivity index (χ4v) is 1.83. The van der Waals surface area contributed by atoms with Gasteiger partial charge in [0.1, 0.15) is 5.82 Å². The number of aromatic nitrogens is 2. The lowest BCUT2D eigenvalue weighted by molar-refractivity contribution is 0.0689. The molecule has 0 aromatic carbocycles. The first-order chi connectivity index (χ1) is 7.65. The zero-order valence-corrected chi connectivity index (χ0v) is 9.14. The van der Waals surface area contributed by atoms with Gasteiger partial charge in [-0.15, -0.1) is 0 Å². The summed E-state index contributed by atoms with van der Waals surface area (Å²) in [6, 6.07) is 1.48. The van der Waals surface area contributed by atoms with Gasteiger partial charge in [-0.2, -0.15) is 0 Å². The van der Waals surface area contributed by atoms with Crippen molar-refractivity contribution in [1.29, 1.82) is 0 Å². The molecule has 1 saturated heterocycles. The largest absolute Gasteiger partial charge is 0.477 e. The van der Waals surface area contributed by atoms with Gasteiger partial charge < -0.3 is 9.84 Å². The van der Waals surface area contributed by atoms with Gasteiger partial charge in [-0.3, -0.25) is 0 Å². The summed E-state index contributed by atoms with van der Waals surface area (Å²) >= 11 is 0. The maximum atomic E-state index is 10.8. The maximum absolute atomic E-state index is 10.8.